The van der Waals surface area contributed by atoms with Crippen molar-refractivity contribution < 1.29 is 9.47 Å². The van der Waals surface area contributed by atoms with Crippen LogP contribution in [0.3, 0.4) is 0 Å². The van der Waals surface area contributed by atoms with Crippen LogP contribution in [0.4, 0.5) is 0 Å². The monoisotopic (exact) mass is 205 g/mol. The van der Waals surface area contributed by atoms with Gasteiger partial charge in [0.05, 0.1) is 0 Å². The van der Waals surface area contributed by atoms with E-state index < -0.39 is 0 Å². The van der Waals surface area contributed by atoms with Gasteiger partial charge in [0.25, 0.3) is 0 Å². The van der Waals surface area contributed by atoms with Gasteiger partial charge in [0.2, 0.25) is 6.79 Å². The fraction of sp³-hybridized carbons (Fsp3) is 0.333. The van der Waals surface area contributed by atoms with E-state index in [2.05, 4.69) is 13.0 Å². The summed E-state index contributed by atoms with van der Waals surface area (Å²) >= 11 is 0. The van der Waals surface area contributed by atoms with Crippen molar-refractivity contribution in [2.45, 2.75) is 13.3 Å². The summed E-state index contributed by atoms with van der Waals surface area (Å²) in [5.41, 5.74) is 7.84. The van der Waals surface area contributed by atoms with Gasteiger partial charge in [-0.05, 0) is 43.2 Å². The van der Waals surface area contributed by atoms with Gasteiger partial charge in [-0.25, -0.2) is 0 Å². The van der Waals surface area contributed by atoms with Gasteiger partial charge < -0.3 is 15.2 Å². The summed E-state index contributed by atoms with van der Waals surface area (Å²) in [7, 11) is 0. The van der Waals surface area contributed by atoms with E-state index in [4.69, 9.17) is 15.2 Å². The van der Waals surface area contributed by atoms with E-state index in [1.165, 1.54) is 5.57 Å². The molecule has 0 amide bonds. The van der Waals surface area contributed by atoms with Crippen LogP contribution < -0.4 is 15.2 Å². The first-order valence-electron chi connectivity index (χ1n) is 5.08. The molecule has 3 heteroatoms. The Hall–Kier alpha value is -1.48. The zero-order chi connectivity index (χ0) is 10.7. The lowest BCUT2D eigenvalue weighted by Gasteiger charge is -2.03. The molecule has 0 aliphatic carbocycles. The second kappa shape index (κ2) is 4.36. The largest absolute Gasteiger partial charge is 0.454 e. The van der Waals surface area contributed by atoms with E-state index in [0.717, 1.165) is 23.5 Å². The maximum Gasteiger partial charge on any atom is 0.231 e. The van der Waals surface area contributed by atoms with Gasteiger partial charge in [-0.2, -0.15) is 0 Å². The molecule has 15 heavy (non-hydrogen) atoms. The van der Waals surface area contributed by atoms with Crippen molar-refractivity contribution in [1.29, 1.82) is 0 Å². The Labute approximate surface area is 89.5 Å². The normalized spacial score (nSPS) is 14.4. The van der Waals surface area contributed by atoms with E-state index in [0.29, 0.717) is 13.3 Å². The van der Waals surface area contributed by atoms with Crippen LogP contribution in [0.15, 0.2) is 24.3 Å². The van der Waals surface area contributed by atoms with Crippen LogP contribution in [-0.2, 0) is 0 Å². The lowest BCUT2D eigenvalue weighted by Crippen LogP contribution is -1.95. The maximum atomic E-state index is 5.46. The highest BCUT2D eigenvalue weighted by Gasteiger charge is 2.13. The number of allylic oxidation sites excluding steroid dienone is 1. The molecule has 0 spiro atoms. The molecule has 0 saturated heterocycles. The number of rotatable bonds is 3. The summed E-state index contributed by atoms with van der Waals surface area (Å²) in [5, 5.41) is 0. The summed E-state index contributed by atoms with van der Waals surface area (Å²) in [6.45, 7) is 3.08. The van der Waals surface area contributed by atoms with Gasteiger partial charge in [0.1, 0.15) is 0 Å². The summed E-state index contributed by atoms with van der Waals surface area (Å²) < 4.78 is 10.6. The molecule has 1 aliphatic heterocycles. The van der Waals surface area contributed by atoms with Gasteiger partial charge in [-0.15, -0.1) is 0 Å². The molecule has 0 bridgehead atoms. The third-order valence-corrected chi connectivity index (χ3v) is 2.45. The molecule has 2 N–H and O–H groups in total. The minimum atomic E-state index is 0.324. The predicted molar refractivity (Wildman–Crippen MR) is 59.9 cm³/mol. The van der Waals surface area contributed by atoms with Gasteiger partial charge in [0.15, 0.2) is 11.5 Å². The quantitative estimate of drug-likeness (QED) is 0.822. The number of ether oxygens (including phenoxy) is 2. The van der Waals surface area contributed by atoms with Crippen molar-refractivity contribution in [3.63, 3.8) is 0 Å². The van der Waals surface area contributed by atoms with Crippen LogP contribution in [-0.4, -0.2) is 13.3 Å². The van der Waals surface area contributed by atoms with Crippen LogP contribution >= 0.6 is 0 Å². The molecule has 1 aromatic rings. The molecule has 0 aromatic heterocycles. The molecule has 80 valence electrons. The first-order valence-corrected chi connectivity index (χ1v) is 5.08. The molecule has 0 fully saturated rings. The minimum Gasteiger partial charge on any atom is -0.454 e. The molecule has 0 saturated carbocycles. The Kier molecular flexibility index (Phi) is 2.92. The highest BCUT2D eigenvalue weighted by atomic mass is 16.7. The Morgan fingerprint density at radius 1 is 1.40 bits per heavy atom. The van der Waals surface area contributed by atoms with Crippen molar-refractivity contribution in [2.24, 2.45) is 5.73 Å². The standard InChI is InChI=1S/C12H15NO2/c1-9(3-2-6-13)10-4-5-11-12(7-10)15-8-14-11/h3-5,7H,2,6,8,13H2,1H3/b9-3+. The smallest absolute Gasteiger partial charge is 0.231 e. The van der Waals surface area contributed by atoms with Gasteiger partial charge in [0, 0.05) is 0 Å². The van der Waals surface area contributed by atoms with Crippen LogP contribution in [0.25, 0.3) is 5.57 Å². The minimum absolute atomic E-state index is 0.324. The topological polar surface area (TPSA) is 44.5 Å². The SMILES string of the molecule is C/C(=C\CCN)c1ccc2c(c1)OCO2. The molecule has 0 radical (unpaired) electrons. The van der Waals surface area contributed by atoms with Gasteiger partial charge >= 0.3 is 0 Å². The van der Waals surface area contributed by atoms with Crippen molar-refractivity contribution in [3.05, 3.63) is 29.8 Å². The van der Waals surface area contributed by atoms with Crippen LogP contribution in [0, 0.1) is 0 Å². The highest BCUT2D eigenvalue weighted by molar-refractivity contribution is 5.66. The molecule has 1 heterocycles. The zero-order valence-corrected chi connectivity index (χ0v) is 8.82. The van der Waals surface area contributed by atoms with Crippen LogP contribution in [0.2, 0.25) is 0 Å². The zero-order valence-electron chi connectivity index (χ0n) is 8.82. The molecule has 0 unspecified atom stereocenters. The van der Waals surface area contributed by atoms with E-state index in [-0.39, 0.29) is 0 Å². The molecule has 0 atom stereocenters. The average molecular weight is 205 g/mol. The fourth-order valence-corrected chi connectivity index (χ4v) is 1.56. The molecule has 2 rings (SSSR count). The summed E-state index contributed by atoms with van der Waals surface area (Å²) in [4.78, 5) is 0. The Morgan fingerprint density at radius 2 is 2.20 bits per heavy atom. The summed E-state index contributed by atoms with van der Waals surface area (Å²) in [6, 6.07) is 5.98. The van der Waals surface area contributed by atoms with Crippen LogP contribution in [0.5, 0.6) is 11.5 Å². The second-order valence-corrected chi connectivity index (χ2v) is 3.53. The highest BCUT2D eigenvalue weighted by Crippen LogP contribution is 2.34. The van der Waals surface area contributed by atoms with E-state index in [1.807, 2.05) is 18.2 Å². The Bertz CT molecular complexity index is 385. The predicted octanol–water partition coefficient (Wildman–Crippen LogP) is 2.17. The Balaban J connectivity index is 2.22. The fourth-order valence-electron chi connectivity index (χ4n) is 1.56. The van der Waals surface area contributed by atoms with E-state index in [1.54, 1.807) is 0 Å². The molecule has 1 aromatic carbocycles. The van der Waals surface area contributed by atoms with Crippen LogP contribution in [0.1, 0.15) is 18.9 Å². The maximum absolute atomic E-state index is 5.46. The Morgan fingerprint density at radius 3 is 3.00 bits per heavy atom. The number of hydrogen-bond acceptors (Lipinski definition) is 3. The first-order chi connectivity index (χ1) is 7.31. The van der Waals surface area contributed by atoms with E-state index in [9.17, 15) is 0 Å². The third kappa shape index (κ3) is 2.13. The lowest BCUT2D eigenvalue weighted by atomic mass is 10.1. The van der Waals surface area contributed by atoms with Crippen molar-refractivity contribution in [1.82, 2.24) is 0 Å². The summed E-state index contributed by atoms with van der Waals surface area (Å²) in [5.74, 6) is 1.65. The van der Waals surface area contributed by atoms with Crippen molar-refractivity contribution in [2.75, 3.05) is 13.3 Å². The molecular formula is C12H15NO2. The lowest BCUT2D eigenvalue weighted by molar-refractivity contribution is 0.174. The van der Waals surface area contributed by atoms with Gasteiger partial charge in [-0.3, -0.25) is 0 Å². The van der Waals surface area contributed by atoms with E-state index >= 15 is 0 Å². The second-order valence-electron chi connectivity index (χ2n) is 3.53. The van der Waals surface area contributed by atoms with Crippen molar-refractivity contribution in [3.8, 4) is 11.5 Å². The number of nitrogens with two attached hydrogens (primary N) is 1. The average Bonchev–Trinajstić information content (AvgIpc) is 2.72. The molecule has 3 nitrogen and oxygen atoms in total. The molecular weight excluding hydrogens is 190 g/mol. The first kappa shape index (κ1) is 10.1. The molecule has 1 aliphatic rings. The number of fused-ring (bicyclic) bond motifs is 1. The number of benzene rings is 1. The third-order valence-electron chi connectivity index (χ3n) is 2.45. The van der Waals surface area contributed by atoms with Crippen molar-refractivity contribution >= 4 is 5.57 Å². The number of hydrogen-bond donors (Lipinski definition) is 1. The summed E-state index contributed by atoms with van der Waals surface area (Å²) in [6.07, 6.45) is 3.04. The van der Waals surface area contributed by atoms with Gasteiger partial charge in [-0.1, -0.05) is 12.1 Å².